The van der Waals surface area contributed by atoms with E-state index in [1.807, 2.05) is 4.90 Å². The summed E-state index contributed by atoms with van der Waals surface area (Å²) in [5, 5.41) is 2.60. The molecule has 2 fully saturated rings. The van der Waals surface area contributed by atoms with E-state index in [0.717, 1.165) is 6.61 Å². The molecule has 0 aromatic rings. The highest BCUT2D eigenvalue weighted by Crippen LogP contribution is 2.37. The van der Waals surface area contributed by atoms with Crippen LogP contribution in [0.1, 0.15) is 46.0 Å². The second-order valence-corrected chi connectivity index (χ2v) is 8.76. The molecule has 0 aliphatic carbocycles. The molecule has 0 aromatic heterocycles. The van der Waals surface area contributed by atoms with E-state index in [9.17, 15) is 0 Å². The summed E-state index contributed by atoms with van der Waals surface area (Å²) in [5.74, 6) is 0. The lowest BCUT2D eigenvalue weighted by Crippen LogP contribution is -3.12. The highest BCUT2D eigenvalue weighted by atomic mass is 16.5. The van der Waals surface area contributed by atoms with Crippen LogP contribution >= 0.6 is 0 Å². The minimum atomic E-state index is 0.0685. The fourth-order valence-electron chi connectivity index (χ4n) is 4.57. The maximum absolute atomic E-state index is 6.02. The van der Waals surface area contributed by atoms with Crippen molar-refractivity contribution in [2.45, 2.75) is 51.6 Å². The van der Waals surface area contributed by atoms with E-state index in [-0.39, 0.29) is 5.60 Å². The average Bonchev–Trinajstić information content (AvgIpc) is 2.89. The Balaban J connectivity index is 1.86. The molecule has 0 saturated carbocycles. The Morgan fingerprint density at radius 2 is 1.91 bits per heavy atom. The Kier molecular flexibility index (Phi) is 6.69. The highest BCUT2D eigenvalue weighted by Gasteiger charge is 2.45. The molecule has 0 aromatic carbocycles. The first-order valence-electron chi connectivity index (χ1n) is 9.49. The molecule has 0 radical (unpaired) electrons. The van der Waals surface area contributed by atoms with Crippen LogP contribution in [0, 0.1) is 5.41 Å². The topological polar surface area (TPSA) is 34.7 Å². The van der Waals surface area contributed by atoms with Crippen LogP contribution in [0.5, 0.6) is 0 Å². The molecule has 1 atom stereocenters. The van der Waals surface area contributed by atoms with Gasteiger partial charge in [-0.2, -0.15) is 0 Å². The molecule has 4 heteroatoms. The van der Waals surface area contributed by atoms with E-state index in [4.69, 9.17) is 4.74 Å². The SMILES string of the molecule is C[NH+](C)CCC[NH2+]C[C@]1(C[NH+]2CCCC2)CCOC(C)(C)C1. The van der Waals surface area contributed by atoms with Crippen LogP contribution in [0.25, 0.3) is 0 Å². The molecule has 2 rings (SSSR count). The minimum Gasteiger partial charge on any atom is -0.376 e. The van der Waals surface area contributed by atoms with Crippen molar-refractivity contribution in [2.24, 2.45) is 5.41 Å². The van der Waals surface area contributed by atoms with Gasteiger partial charge in [-0.15, -0.1) is 0 Å². The Bertz CT molecular complexity index is 326. The lowest BCUT2D eigenvalue weighted by molar-refractivity contribution is -0.898. The molecule has 2 saturated heterocycles. The van der Waals surface area contributed by atoms with Crippen molar-refractivity contribution in [2.75, 3.05) is 60.0 Å². The van der Waals surface area contributed by atoms with Crippen LogP contribution in [0.3, 0.4) is 0 Å². The van der Waals surface area contributed by atoms with Gasteiger partial charge >= 0.3 is 0 Å². The molecule has 2 aliphatic heterocycles. The number of nitrogens with one attached hydrogen (secondary N) is 2. The number of likely N-dealkylation sites (tertiary alicyclic amines) is 1. The van der Waals surface area contributed by atoms with Gasteiger partial charge in [0.25, 0.3) is 0 Å². The van der Waals surface area contributed by atoms with E-state index >= 15 is 0 Å². The van der Waals surface area contributed by atoms with Gasteiger partial charge in [-0.25, -0.2) is 0 Å². The predicted molar refractivity (Wildman–Crippen MR) is 90.4 cm³/mol. The maximum atomic E-state index is 6.02. The zero-order valence-corrected chi connectivity index (χ0v) is 15.5. The third-order valence-electron chi connectivity index (χ3n) is 5.52. The number of hydrogen-bond acceptors (Lipinski definition) is 1. The van der Waals surface area contributed by atoms with E-state index in [1.165, 1.54) is 71.4 Å². The molecule has 0 bridgehead atoms. The molecular weight excluding hydrogens is 274 g/mol. The third kappa shape index (κ3) is 5.80. The standard InChI is InChI=1S/C18H37N3O/c1-17(2)14-18(8-13-22-17,16-21-11-5-6-12-21)15-19-9-7-10-20(3)4/h19H,5-16H2,1-4H3/p+3/t18-/m0/s1. The molecule has 22 heavy (non-hydrogen) atoms. The van der Waals surface area contributed by atoms with Gasteiger partial charge < -0.3 is 19.9 Å². The summed E-state index contributed by atoms with van der Waals surface area (Å²) in [4.78, 5) is 3.42. The van der Waals surface area contributed by atoms with Crippen molar-refractivity contribution in [3.8, 4) is 0 Å². The van der Waals surface area contributed by atoms with E-state index in [2.05, 4.69) is 33.3 Å². The molecule has 4 nitrogen and oxygen atoms in total. The van der Waals surface area contributed by atoms with Crippen molar-refractivity contribution in [3.63, 3.8) is 0 Å². The van der Waals surface area contributed by atoms with Crippen molar-refractivity contribution in [1.29, 1.82) is 0 Å². The number of ether oxygens (including phenoxy) is 1. The van der Waals surface area contributed by atoms with E-state index < -0.39 is 0 Å². The van der Waals surface area contributed by atoms with Crippen molar-refractivity contribution < 1.29 is 19.9 Å². The highest BCUT2D eigenvalue weighted by molar-refractivity contribution is 4.89. The molecule has 4 N–H and O–H groups in total. The van der Waals surface area contributed by atoms with E-state index in [0.29, 0.717) is 5.41 Å². The first-order valence-corrected chi connectivity index (χ1v) is 9.49. The second kappa shape index (κ2) is 8.09. The Labute approximate surface area is 137 Å². The number of hydrogen-bond donors (Lipinski definition) is 3. The van der Waals surface area contributed by atoms with Gasteiger partial charge in [0.1, 0.15) is 0 Å². The second-order valence-electron chi connectivity index (χ2n) is 8.76. The summed E-state index contributed by atoms with van der Waals surface area (Å²) in [6, 6.07) is 0. The predicted octanol–water partition coefficient (Wildman–Crippen LogP) is -1.66. The van der Waals surface area contributed by atoms with Gasteiger partial charge in [-0.05, 0) is 26.7 Å². The summed E-state index contributed by atoms with van der Waals surface area (Å²) in [7, 11) is 4.50. The number of rotatable bonds is 8. The average molecular weight is 315 g/mol. The number of quaternary nitrogens is 3. The van der Waals surface area contributed by atoms with Gasteiger partial charge in [0.2, 0.25) is 0 Å². The smallest absolute Gasteiger partial charge is 0.0884 e. The fourth-order valence-corrected chi connectivity index (χ4v) is 4.57. The maximum Gasteiger partial charge on any atom is 0.0884 e. The summed E-state index contributed by atoms with van der Waals surface area (Å²) < 4.78 is 6.02. The van der Waals surface area contributed by atoms with Gasteiger partial charge in [-0.1, -0.05) is 0 Å². The van der Waals surface area contributed by atoms with Crippen molar-refractivity contribution in [1.82, 2.24) is 0 Å². The zero-order valence-electron chi connectivity index (χ0n) is 15.5. The lowest BCUT2D eigenvalue weighted by atomic mass is 9.73. The van der Waals surface area contributed by atoms with Gasteiger partial charge in [0.05, 0.1) is 64.4 Å². The van der Waals surface area contributed by atoms with Crippen LogP contribution in [-0.4, -0.2) is 65.6 Å². The first-order chi connectivity index (χ1) is 10.4. The molecule has 2 heterocycles. The zero-order chi connectivity index (χ0) is 16.1. The lowest BCUT2D eigenvalue weighted by Gasteiger charge is -2.44. The monoisotopic (exact) mass is 314 g/mol. The van der Waals surface area contributed by atoms with Crippen LogP contribution in [-0.2, 0) is 4.74 Å². The number of nitrogens with two attached hydrogens (primary N) is 1. The van der Waals surface area contributed by atoms with Gasteiger partial charge in [-0.3, -0.25) is 0 Å². The normalized spacial score (nSPS) is 29.3. The minimum absolute atomic E-state index is 0.0685. The summed E-state index contributed by atoms with van der Waals surface area (Å²) in [6.45, 7) is 13.6. The van der Waals surface area contributed by atoms with Gasteiger partial charge in [0, 0.05) is 25.9 Å². The van der Waals surface area contributed by atoms with Crippen LogP contribution in [0.4, 0.5) is 0 Å². The molecule has 2 aliphatic rings. The van der Waals surface area contributed by atoms with Crippen molar-refractivity contribution in [3.05, 3.63) is 0 Å². The Morgan fingerprint density at radius 1 is 1.18 bits per heavy atom. The van der Waals surface area contributed by atoms with Gasteiger partial charge in [0.15, 0.2) is 0 Å². The van der Waals surface area contributed by atoms with Crippen LogP contribution < -0.4 is 15.1 Å². The van der Waals surface area contributed by atoms with E-state index in [1.54, 1.807) is 4.90 Å². The summed E-state index contributed by atoms with van der Waals surface area (Å²) in [5.41, 5.74) is 0.561. The molecular formula is C18H40N3O+3. The Morgan fingerprint density at radius 3 is 2.55 bits per heavy atom. The molecule has 0 spiro atoms. The first kappa shape index (κ1) is 18.2. The fraction of sp³-hybridized carbons (Fsp3) is 1.00. The largest absolute Gasteiger partial charge is 0.376 e. The quantitative estimate of drug-likeness (QED) is 0.461. The molecule has 0 amide bonds. The Hall–Kier alpha value is -0.160. The van der Waals surface area contributed by atoms with Crippen LogP contribution in [0.2, 0.25) is 0 Å². The summed E-state index contributed by atoms with van der Waals surface area (Å²) in [6.07, 6.45) is 6.68. The summed E-state index contributed by atoms with van der Waals surface area (Å²) >= 11 is 0. The third-order valence-corrected chi connectivity index (χ3v) is 5.52. The molecule has 0 unspecified atom stereocenters. The van der Waals surface area contributed by atoms with Crippen molar-refractivity contribution >= 4 is 0 Å². The molecule has 130 valence electrons. The van der Waals surface area contributed by atoms with Crippen LogP contribution in [0.15, 0.2) is 0 Å².